The van der Waals surface area contributed by atoms with Gasteiger partial charge in [0.1, 0.15) is 18.1 Å². The first-order valence-corrected chi connectivity index (χ1v) is 8.07. The average Bonchev–Trinajstić information content (AvgIpc) is 2.58. The van der Waals surface area contributed by atoms with Crippen molar-refractivity contribution in [2.24, 2.45) is 0 Å². The number of benzene rings is 2. The summed E-state index contributed by atoms with van der Waals surface area (Å²) in [5.41, 5.74) is 1.17. The highest BCUT2D eigenvalue weighted by Gasteiger charge is 1.98. The van der Waals surface area contributed by atoms with E-state index in [-0.39, 0.29) is 0 Å². The normalized spacial score (nSPS) is 10.4. The molecule has 2 heteroatoms. The van der Waals surface area contributed by atoms with Crippen LogP contribution in [0.2, 0.25) is 0 Å². The second kappa shape index (κ2) is 9.88. The molecule has 0 saturated carbocycles. The molecule has 2 nitrogen and oxygen atoms in total. The van der Waals surface area contributed by atoms with E-state index >= 15 is 0 Å². The zero-order chi connectivity index (χ0) is 15.5. The molecule has 1 radical (unpaired) electrons. The number of rotatable bonds is 10. The molecule has 0 heterocycles. The molecule has 0 fully saturated rings. The van der Waals surface area contributed by atoms with Crippen molar-refractivity contribution < 1.29 is 9.47 Å². The van der Waals surface area contributed by atoms with Gasteiger partial charge in [0.05, 0.1) is 6.61 Å². The summed E-state index contributed by atoms with van der Waals surface area (Å²) in [5, 5.41) is 0. The van der Waals surface area contributed by atoms with Crippen LogP contribution in [0, 0.1) is 6.92 Å². The minimum atomic E-state index is 0.591. The molecule has 0 saturated heterocycles. The lowest BCUT2D eigenvalue weighted by molar-refractivity contribution is 0.297. The molecule has 2 aromatic rings. The number of unbranched alkanes of at least 4 members (excludes halogenated alkanes) is 4. The fraction of sp³-hybridized carbons (Fsp3) is 0.350. The van der Waals surface area contributed by atoms with Gasteiger partial charge in [0, 0.05) is 0 Å². The minimum absolute atomic E-state index is 0.591. The summed E-state index contributed by atoms with van der Waals surface area (Å²) in [6, 6.07) is 18.0. The van der Waals surface area contributed by atoms with Crippen LogP contribution in [0.25, 0.3) is 0 Å². The predicted octanol–water partition coefficient (Wildman–Crippen LogP) is 5.43. The Bertz CT molecular complexity index is 505. The lowest BCUT2D eigenvalue weighted by atomic mass is 10.2. The summed E-state index contributed by atoms with van der Waals surface area (Å²) >= 11 is 0. The van der Waals surface area contributed by atoms with E-state index in [1.54, 1.807) is 0 Å². The van der Waals surface area contributed by atoms with E-state index in [0.29, 0.717) is 6.61 Å². The maximum absolute atomic E-state index is 5.76. The fourth-order valence-electron chi connectivity index (χ4n) is 2.20. The zero-order valence-corrected chi connectivity index (χ0v) is 13.2. The molecule has 2 rings (SSSR count). The van der Waals surface area contributed by atoms with E-state index < -0.39 is 0 Å². The van der Waals surface area contributed by atoms with Gasteiger partial charge in [-0.05, 0) is 36.2 Å². The Morgan fingerprint density at radius 2 is 1.32 bits per heavy atom. The van der Waals surface area contributed by atoms with Crippen LogP contribution in [0.5, 0.6) is 11.5 Å². The average molecular weight is 297 g/mol. The number of hydrogen-bond acceptors (Lipinski definition) is 2. The highest BCUT2D eigenvalue weighted by atomic mass is 16.5. The third-order valence-corrected chi connectivity index (χ3v) is 3.49. The summed E-state index contributed by atoms with van der Waals surface area (Å²) in [7, 11) is 0. The van der Waals surface area contributed by atoms with Crippen LogP contribution < -0.4 is 9.47 Å². The third kappa shape index (κ3) is 6.21. The van der Waals surface area contributed by atoms with Crippen LogP contribution in [0.4, 0.5) is 0 Å². The van der Waals surface area contributed by atoms with Crippen molar-refractivity contribution in [1.29, 1.82) is 0 Å². The molecule has 117 valence electrons. The van der Waals surface area contributed by atoms with Crippen LogP contribution in [0.1, 0.15) is 37.7 Å². The second-order valence-electron chi connectivity index (χ2n) is 5.36. The molecule has 22 heavy (non-hydrogen) atoms. The van der Waals surface area contributed by atoms with Crippen LogP contribution in [0.3, 0.4) is 0 Å². The van der Waals surface area contributed by atoms with Crippen molar-refractivity contribution >= 4 is 0 Å². The molecule has 0 amide bonds. The summed E-state index contributed by atoms with van der Waals surface area (Å²) in [6.07, 6.45) is 5.82. The van der Waals surface area contributed by atoms with E-state index in [4.69, 9.17) is 9.47 Å². The quantitative estimate of drug-likeness (QED) is 0.544. The maximum Gasteiger partial charge on any atom is 0.120 e. The van der Waals surface area contributed by atoms with Crippen LogP contribution in [-0.4, -0.2) is 6.61 Å². The lowest BCUT2D eigenvalue weighted by Crippen LogP contribution is -1.98. The third-order valence-electron chi connectivity index (χ3n) is 3.49. The molecule has 2 aromatic carbocycles. The van der Waals surface area contributed by atoms with Crippen molar-refractivity contribution in [3.05, 3.63) is 67.1 Å². The Morgan fingerprint density at radius 3 is 2.00 bits per heavy atom. The van der Waals surface area contributed by atoms with Crippen molar-refractivity contribution in [3.63, 3.8) is 0 Å². The molecule has 0 spiro atoms. The van der Waals surface area contributed by atoms with Gasteiger partial charge in [-0.3, -0.25) is 0 Å². The van der Waals surface area contributed by atoms with Gasteiger partial charge in [-0.25, -0.2) is 0 Å². The van der Waals surface area contributed by atoms with Crippen molar-refractivity contribution in [2.45, 2.75) is 38.7 Å². The monoisotopic (exact) mass is 297 g/mol. The van der Waals surface area contributed by atoms with Crippen LogP contribution in [0.15, 0.2) is 54.6 Å². The van der Waals surface area contributed by atoms with Gasteiger partial charge in [0.15, 0.2) is 0 Å². The van der Waals surface area contributed by atoms with E-state index in [1.807, 2.05) is 42.5 Å². The van der Waals surface area contributed by atoms with E-state index in [1.165, 1.54) is 24.8 Å². The molecule has 0 aliphatic carbocycles. The van der Waals surface area contributed by atoms with Gasteiger partial charge < -0.3 is 9.47 Å². The Balaban J connectivity index is 1.67. The molecule has 0 N–H and O–H groups in total. The topological polar surface area (TPSA) is 18.5 Å². The van der Waals surface area contributed by atoms with E-state index in [2.05, 4.69) is 19.1 Å². The van der Waals surface area contributed by atoms with E-state index in [0.717, 1.165) is 30.9 Å². The van der Waals surface area contributed by atoms with Crippen LogP contribution >= 0.6 is 0 Å². The summed E-state index contributed by atoms with van der Waals surface area (Å²) in [6.45, 7) is 5.22. The molecule has 0 aliphatic heterocycles. The first-order valence-electron chi connectivity index (χ1n) is 8.07. The molecule has 0 aliphatic rings. The smallest absolute Gasteiger partial charge is 0.120 e. The molecule has 0 aromatic heterocycles. The molecular formula is C20H25O2. The molecule has 0 bridgehead atoms. The highest BCUT2D eigenvalue weighted by molar-refractivity contribution is 5.31. The predicted molar refractivity (Wildman–Crippen MR) is 91.2 cm³/mol. The summed E-state index contributed by atoms with van der Waals surface area (Å²) in [4.78, 5) is 0. The van der Waals surface area contributed by atoms with Gasteiger partial charge in [0.25, 0.3) is 0 Å². The minimum Gasteiger partial charge on any atom is -0.494 e. The summed E-state index contributed by atoms with van der Waals surface area (Å²) < 4.78 is 11.5. The molecule has 0 atom stereocenters. The largest absolute Gasteiger partial charge is 0.494 e. The standard InChI is InChI=1S/C20H25O2/c1-2-3-4-5-9-16-21-19-12-14-20(15-13-19)22-17-18-10-7-6-8-11-18/h6-8,10-15H,1-5,9,16-17H2. The van der Waals surface area contributed by atoms with Gasteiger partial charge >= 0.3 is 0 Å². The highest BCUT2D eigenvalue weighted by Crippen LogP contribution is 2.19. The number of ether oxygens (including phenoxy) is 2. The molecular weight excluding hydrogens is 272 g/mol. The maximum atomic E-state index is 5.76. The first kappa shape index (κ1) is 16.4. The SMILES string of the molecule is [CH2]CCCCCCOc1ccc(OCc2ccccc2)cc1. The Hall–Kier alpha value is -1.96. The zero-order valence-electron chi connectivity index (χ0n) is 13.2. The van der Waals surface area contributed by atoms with E-state index in [9.17, 15) is 0 Å². The van der Waals surface area contributed by atoms with Gasteiger partial charge in [-0.15, -0.1) is 0 Å². The second-order valence-corrected chi connectivity index (χ2v) is 5.36. The van der Waals surface area contributed by atoms with Crippen LogP contribution in [-0.2, 0) is 6.61 Å². The van der Waals surface area contributed by atoms with Gasteiger partial charge in [0.2, 0.25) is 0 Å². The van der Waals surface area contributed by atoms with Crippen molar-refractivity contribution in [2.75, 3.05) is 6.61 Å². The Labute approximate surface area is 134 Å². The lowest BCUT2D eigenvalue weighted by Gasteiger charge is -2.09. The van der Waals surface area contributed by atoms with Crippen molar-refractivity contribution in [1.82, 2.24) is 0 Å². The van der Waals surface area contributed by atoms with Gasteiger partial charge in [-0.2, -0.15) is 0 Å². The van der Waals surface area contributed by atoms with Crippen molar-refractivity contribution in [3.8, 4) is 11.5 Å². The first-order chi connectivity index (χ1) is 10.9. The Morgan fingerprint density at radius 1 is 0.682 bits per heavy atom. The summed E-state index contributed by atoms with van der Waals surface area (Å²) in [5.74, 6) is 1.77. The van der Waals surface area contributed by atoms with Gasteiger partial charge in [-0.1, -0.05) is 62.9 Å². The number of hydrogen-bond donors (Lipinski definition) is 0. The Kier molecular flexibility index (Phi) is 7.37. The fourth-order valence-corrected chi connectivity index (χ4v) is 2.20. The molecule has 0 unspecified atom stereocenters.